The highest BCUT2D eigenvalue weighted by Gasteiger charge is 2.28. The van der Waals surface area contributed by atoms with Crippen molar-refractivity contribution < 1.29 is 4.99 Å². The van der Waals surface area contributed by atoms with Gasteiger partial charge in [-0.3, -0.25) is 9.79 Å². The van der Waals surface area contributed by atoms with Gasteiger partial charge >= 0.3 is 5.96 Å². The minimum absolute atomic E-state index is 0.101. The van der Waals surface area contributed by atoms with Gasteiger partial charge in [-0.25, -0.2) is 20.2 Å². The zero-order valence-corrected chi connectivity index (χ0v) is 14.7. The van der Waals surface area contributed by atoms with Crippen LogP contribution in [-0.4, -0.2) is 15.5 Å². The molecule has 1 atom stereocenters. The van der Waals surface area contributed by atoms with Crippen molar-refractivity contribution in [2.24, 2.45) is 0 Å². The van der Waals surface area contributed by atoms with E-state index in [9.17, 15) is 4.79 Å². The first kappa shape index (κ1) is 16.1. The fourth-order valence-electron chi connectivity index (χ4n) is 3.09. The summed E-state index contributed by atoms with van der Waals surface area (Å²) < 4.78 is 1.63. The zero-order chi connectivity index (χ0) is 18.1. The summed E-state index contributed by atoms with van der Waals surface area (Å²) in [7, 11) is 0. The Bertz CT molecular complexity index is 1040. The number of hydrogen-bond donors (Lipinski definition) is 3. The monoisotopic (exact) mass is 346 g/mol. The van der Waals surface area contributed by atoms with Crippen LogP contribution in [0.4, 0.5) is 11.6 Å². The molecule has 4 rings (SSSR count). The lowest BCUT2D eigenvalue weighted by molar-refractivity contribution is -0.520. The van der Waals surface area contributed by atoms with Crippen LogP contribution in [0.3, 0.4) is 0 Å². The third-order valence-corrected chi connectivity index (χ3v) is 4.26. The molecule has 0 saturated carbocycles. The molecule has 0 radical (unpaired) electrons. The number of hydrogen-bond acceptors (Lipinski definition) is 4. The summed E-state index contributed by atoms with van der Waals surface area (Å²) >= 11 is 0. The van der Waals surface area contributed by atoms with Crippen molar-refractivity contribution in [2.75, 3.05) is 10.6 Å². The van der Waals surface area contributed by atoms with Crippen LogP contribution in [0, 0.1) is 13.8 Å². The van der Waals surface area contributed by atoms with Crippen molar-refractivity contribution in [1.29, 1.82) is 0 Å². The Morgan fingerprint density at radius 2 is 1.88 bits per heavy atom. The number of nitrogens with one attached hydrogen (secondary N) is 3. The maximum absolute atomic E-state index is 12.6. The van der Waals surface area contributed by atoms with Gasteiger partial charge in [0, 0.05) is 17.3 Å². The van der Waals surface area contributed by atoms with Gasteiger partial charge < -0.3 is 0 Å². The summed E-state index contributed by atoms with van der Waals surface area (Å²) in [5.74, 6) is 1.19. The van der Waals surface area contributed by atoms with Crippen LogP contribution in [0.5, 0.6) is 0 Å². The second-order valence-corrected chi connectivity index (χ2v) is 6.38. The van der Waals surface area contributed by atoms with Crippen molar-refractivity contribution in [3.8, 4) is 0 Å². The Labute approximate surface area is 151 Å². The SMILES string of the molecule is Cc1cccc(NC2=[NH+][C@@H](c3ccccc3)n3c(nc(C)cc3=O)N2)c1. The average Bonchev–Trinajstić information content (AvgIpc) is 2.61. The fraction of sp³-hybridized carbons (Fsp3) is 0.150. The van der Waals surface area contributed by atoms with Gasteiger partial charge in [0.05, 0.1) is 5.69 Å². The largest absolute Gasteiger partial charge is 0.357 e. The van der Waals surface area contributed by atoms with E-state index in [1.165, 1.54) is 0 Å². The third kappa shape index (κ3) is 3.09. The molecule has 0 aliphatic carbocycles. The molecule has 6 heteroatoms. The van der Waals surface area contributed by atoms with E-state index in [0.29, 0.717) is 17.6 Å². The van der Waals surface area contributed by atoms with Gasteiger partial charge in [-0.2, -0.15) is 0 Å². The minimum atomic E-state index is -0.347. The summed E-state index contributed by atoms with van der Waals surface area (Å²) in [5, 5.41) is 6.53. The van der Waals surface area contributed by atoms with Gasteiger partial charge in [0.15, 0.2) is 6.17 Å². The summed E-state index contributed by atoms with van der Waals surface area (Å²) in [6.45, 7) is 3.86. The average molecular weight is 346 g/mol. The molecule has 0 spiro atoms. The molecule has 0 fully saturated rings. The summed E-state index contributed by atoms with van der Waals surface area (Å²) in [5.41, 5.74) is 3.67. The number of aromatic nitrogens is 2. The van der Waals surface area contributed by atoms with Gasteiger partial charge in [-0.05, 0) is 31.5 Å². The molecule has 3 aromatic rings. The van der Waals surface area contributed by atoms with Gasteiger partial charge in [0.25, 0.3) is 11.5 Å². The lowest BCUT2D eigenvalue weighted by Crippen LogP contribution is -2.82. The molecule has 1 aliphatic heterocycles. The quantitative estimate of drug-likeness (QED) is 0.656. The Morgan fingerprint density at radius 1 is 1.08 bits per heavy atom. The lowest BCUT2D eigenvalue weighted by atomic mass is 10.1. The maximum atomic E-state index is 12.6. The van der Waals surface area contributed by atoms with Crippen LogP contribution in [-0.2, 0) is 0 Å². The highest BCUT2D eigenvalue weighted by Crippen LogP contribution is 2.17. The lowest BCUT2D eigenvalue weighted by Gasteiger charge is -2.23. The highest BCUT2D eigenvalue weighted by atomic mass is 16.1. The first-order valence-electron chi connectivity index (χ1n) is 8.49. The van der Waals surface area contributed by atoms with Crippen LogP contribution in [0.1, 0.15) is 23.0 Å². The first-order valence-corrected chi connectivity index (χ1v) is 8.49. The van der Waals surface area contributed by atoms with E-state index in [0.717, 1.165) is 16.8 Å². The Morgan fingerprint density at radius 3 is 2.65 bits per heavy atom. The van der Waals surface area contributed by atoms with Crippen molar-refractivity contribution in [2.45, 2.75) is 20.0 Å². The third-order valence-electron chi connectivity index (χ3n) is 4.26. The Kier molecular flexibility index (Phi) is 4.01. The predicted molar refractivity (Wildman–Crippen MR) is 102 cm³/mol. The summed E-state index contributed by atoms with van der Waals surface area (Å²) in [4.78, 5) is 20.5. The van der Waals surface area contributed by atoms with Gasteiger partial charge in [-0.1, -0.05) is 42.5 Å². The molecule has 6 nitrogen and oxygen atoms in total. The molecule has 0 unspecified atom stereocenters. The topological polar surface area (TPSA) is 72.9 Å². The van der Waals surface area contributed by atoms with E-state index in [-0.39, 0.29) is 11.7 Å². The molecule has 0 saturated heterocycles. The van der Waals surface area contributed by atoms with Crippen LogP contribution in [0.25, 0.3) is 0 Å². The van der Waals surface area contributed by atoms with Crippen LogP contribution >= 0.6 is 0 Å². The van der Waals surface area contributed by atoms with Crippen LogP contribution < -0.4 is 21.2 Å². The minimum Gasteiger partial charge on any atom is -0.269 e. The second kappa shape index (κ2) is 6.48. The molecular formula is C20H20N5O+. The second-order valence-electron chi connectivity index (χ2n) is 6.38. The van der Waals surface area contributed by atoms with Gasteiger partial charge in [0.2, 0.25) is 0 Å². The van der Waals surface area contributed by atoms with Crippen molar-refractivity contribution in [3.63, 3.8) is 0 Å². The number of fused-ring (bicyclic) bond motifs is 1. The van der Waals surface area contributed by atoms with E-state index in [4.69, 9.17) is 0 Å². The van der Waals surface area contributed by atoms with Crippen LogP contribution in [0.2, 0.25) is 0 Å². The van der Waals surface area contributed by atoms with E-state index in [1.54, 1.807) is 10.6 Å². The van der Waals surface area contributed by atoms with Crippen molar-refractivity contribution >= 4 is 17.6 Å². The van der Waals surface area contributed by atoms with Gasteiger partial charge in [-0.15, -0.1) is 0 Å². The highest BCUT2D eigenvalue weighted by molar-refractivity contribution is 5.99. The van der Waals surface area contributed by atoms with E-state index in [2.05, 4.69) is 26.7 Å². The Balaban J connectivity index is 1.79. The maximum Gasteiger partial charge on any atom is 0.357 e. The number of guanidine groups is 1. The van der Waals surface area contributed by atoms with E-state index >= 15 is 0 Å². The summed E-state index contributed by atoms with van der Waals surface area (Å²) in [6, 6.07) is 19.5. The molecule has 130 valence electrons. The smallest absolute Gasteiger partial charge is 0.269 e. The van der Waals surface area contributed by atoms with E-state index < -0.39 is 0 Å². The first-order chi connectivity index (χ1) is 12.6. The molecule has 26 heavy (non-hydrogen) atoms. The van der Waals surface area contributed by atoms with E-state index in [1.807, 2.05) is 62.4 Å². The number of rotatable bonds is 2. The van der Waals surface area contributed by atoms with Crippen molar-refractivity contribution in [1.82, 2.24) is 9.55 Å². The molecule has 0 amide bonds. The molecular weight excluding hydrogens is 326 g/mol. The standard InChI is InChI=1S/C20H19N5O/c1-13-7-6-10-16(11-13)22-19-23-18(15-8-4-3-5-9-15)25-17(26)12-14(2)21-20(25)24-19/h3-12,18H,1-2H3,(H2,21,22,23,24)/p+1/t18-/m1/s1. The van der Waals surface area contributed by atoms with Crippen molar-refractivity contribution in [3.05, 3.63) is 87.8 Å². The number of aryl methyl sites for hydroxylation is 2. The molecule has 2 heterocycles. The van der Waals surface area contributed by atoms with Crippen LogP contribution in [0.15, 0.2) is 65.5 Å². The molecule has 1 aliphatic rings. The Hall–Kier alpha value is -3.41. The summed E-state index contributed by atoms with van der Waals surface area (Å²) in [6.07, 6.45) is -0.347. The molecule has 1 aromatic heterocycles. The normalized spacial score (nSPS) is 15.6. The predicted octanol–water partition coefficient (Wildman–Crippen LogP) is 1.38. The molecule has 0 bridgehead atoms. The zero-order valence-electron chi connectivity index (χ0n) is 14.7. The molecule has 2 aromatic carbocycles. The fourth-order valence-corrected chi connectivity index (χ4v) is 3.09. The number of benzene rings is 2. The number of anilines is 2. The van der Waals surface area contributed by atoms with Gasteiger partial charge in [0.1, 0.15) is 0 Å². The number of nitrogens with zero attached hydrogens (tertiary/aromatic N) is 2. The molecule has 3 N–H and O–H groups in total.